The molecule has 2 aromatic rings. The summed E-state index contributed by atoms with van der Waals surface area (Å²) >= 11 is 0. The number of carbonyl (C=O) groups excluding carboxylic acids is 1. The highest BCUT2D eigenvalue weighted by Crippen LogP contribution is 2.36. The lowest BCUT2D eigenvalue weighted by molar-refractivity contribution is -0.153. The monoisotopic (exact) mass is 407 g/mol. The highest BCUT2D eigenvalue weighted by Gasteiger charge is 2.32. The number of aliphatic carboxylic acids is 1. The van der Waals surface area contributed by atoms with Gasteiger partial charge in [-0.2, -0.15) is 13.2 Å². The number of benzene rings is 2. The van der Waals surface area contributed by atoms with Crippen LogP contribution in [0.5, 0.6) is 0 Å². The van der Waals surface area contributed by atoms with Gasteiger partial charge in [-0.3, -0.25) is 4.79 Å². The number of carboxylic acids is 1. The minimum Gasteiger partial charge on any atom is -0.479 e. The number of anilines is 1. The van der Waals surface area contributed by atoms with Crippen LogP contribution in [0.25, 0.3) is 0 Å². The summed E-state index contributed by atoms with van der Waals surface area (Å²) in [5.74, 6) is -1.42. The van der Waals surface area contributed by atoms with E-state index in [1.54, 1.807) is 26.0 Å². The Kier molecular flexibility index (Phi) is 5.66. The van der Waals surface area contributed by atoms with E-state index in [1.807, 2.05) is 6.07 Å². The fourth-order valence-corrected chi connectivity index (χ4v) is 3.20. The molecule has 5 nitrogen and oxygen atoms in total. The Morgan fingerprint density at radius 1 is 1.14 bits per heavy atom. The second-order valence-electron chi connectivity index (χ2n) is 7.15. The molecule has 3 rings (SSSR count). The van der Waals surface area contributed by atoms with Crippen molar-refractivity contribution < 1.29 is 32.6 Å². The molecule has 0 radical (unpaired) electrons. The maximum absolute atomic E-state index is 12.7. The number of rotatable bonds is 6. The molecule has 0 aromatic heterocycles. The fourth-order valence-electron chi connectivity index (χ4n) is 3.20. The molecule has 1 heterocycles. The second-order valence-corrected chi connectivity index (χ2v) is 7.15. The molecule has 0 saturated heterocycles. The van der Waals surface area contributed by atoms with Crippen LogP contribution in [0, 0.1) is 0 Å². The molecule has 1 amide bonds. The van der Waals surface area contributed by atoms with E-state index in [1.165, 1.54) is 4.90 Å². The Bertz CT molecular complexity index is 923. The van der Waals surface area contributed by atoms with E-state index < -0.39 is 23.8 Å². The molecule has 2 aromatic carbocycles. The number of hydrogen-bond acceptors (Lipinski definition) is 3. The van der Waals surface area contributed by atoms with Gasteiger partial charge >= 0.3 is 12.1 Å². The van der Waals surface area contributed by atoms with Gasteiger partial charge in [0.05, 0.1) is 18.2 Å². The summed E-state index contributed by atoms with van der Waals surface area (Å²) in [6.07, 6.45) is -5.43. The van der Waals surface area contributed by atoms with E-state index in [0.29, 0.717) is 12.2 Å². The van der Waals surface area contributed by atoms with Gasteiger partial charge in [-0.15, -0.1) is 0 Å². The molecule has 0 saturated carbocycles. The van der Waals surface area contributed by atoms with Crippen molar-refractivity contribution in [2.24, 2.45) is 0 Å². The lowest BCUT2D eigenvalue weighted by Crippen LogP contribution is -2.38. The van der Waals surface area contributed by atoms with Gasteiger partial charge in [-0.1, -0.05) is 12.1 Å². The van der Waals surface area contributed by atoms with Gasteiger partial charge < -0.3 is 14.7 Å². The summed E-state index contributed by atoms with van der Waals surface area (Å²) in [5, 5.41) is 9.28. The van der Waals surface area contributed by atoms with Gasteiger partial charge in [-0.25, -0.2) is 4.79 Å². The first-order valence-electron chi connectivity index (χ1n) is 9.05. The van der Waals surface area contributed by atoms with E-state index in [4.69, 9.17) is 4.74 Å². The van der Waals surface area contributed by atoms with Crippen molar-refractivity contribution in [3.05, 3.63) is 64.7 Å². The number of amides is 1. The molecule has 0 aliphatic carbocycles. The van der Waals surface area contributed by atoms with Crippen LogP contribution in [0.3, 0.4) is 0 Å². The highest BCUT2D eigenvalue weighted by molar-refractivity contribution is 6.08. The zero-order valence-corrected chi connectivity index (χ0v) is 15.9. The SMILES string of the molecule is CC(C)OC(Cc1ccc2c(c1)CN2C(=O)c1ccc(C(F)(F)F)cc1)C(=O)O. The number of alkyl halides is 3. The Morgan fingerprint density at radius 3 is 2.31 bits per heavy atom. The Labute approximate surface area is 165 Å². The number of fused-ring (bicyclic) bond motifs is 1. The van der Waals surface area contributed by atoms with Crippen molar-refractivity contribution in [2.45, 2.75) is 45.2 Å². The topological polar surface area (TPSA) is 66.8 Å². The van der Waals surface area contributed by atoms with E-state index in [0.717, 1.165) is 35.4 Å². The Hall–Kier alpha value is -2.87. The summed E-state index contributed by atoms with van der Waals surface area (Å²) in [6.45, 7) is 3.84. The summed E-state index contributed by atoms with van der Waals surface area (Å²) in [5.41, 5.74) is 1.67. The van der Waals surface area contributed by atoms with Gasteiger partial charge in [0.1, 0.15) is 0 Å². The van der Waals surface area contributed by atoms with E-state index >= 15 is 0 Å². The Balaban J connectivity index is 1.71. The second kappa shape index (κ2) is 7.87. The molecule has 1 N–H and O–H groups in total. The molecule has 1 unspecified atom stereocenters. The quantitative estimate of drug-likeness (QED) is 0.776. The first kappa shape index (κ1) is 20.9. The van der Waals surface area contributed by atoms with Crippen LogP contribution >= 0.6 is 0 Å². The molecule has 0 spiro atoms. The first-order valence-corrected chi connectivity index (χ1v) is 9.05. The number of halogens is 3. The minimum absolute atomic E-state index is 0.170. The van der Waals surface area contributed by atoms with E-state index in [2.05, 4.69) is 0 Å². The van der Waals surface area contributed by atoms with Crippen LogP contribution < -0.4 is 4.90 Å². The molecular weight excluding hydrogens is 387 g/mol. The highest BCUT2D eigenvalue weighted by atomic mass is 19.4. The molecule has 1 atom stereocenters. The van der Waals surface area contributed by atoms with Crippen LogP contribution in [-0.2, 0) is 28.7 Å². The van der Waals surface area contributed by atoms with Crippen LogP contribution in [0.2, 0.25) is 0 Å². The standard InChI is InChI=1S/C21H20F3NO4/c1-12(2)29-18(20(27)28)10-13-3-8-17-15(9-13)11-25(17)19(26)14-4-6-16(7-5-14)21(22,23)24/h3-9,12,18H,10-11H2,1-2H3,(H,27,28). The maximum Gasteiger partial charge on any atom is 0.416 e. The third kappa shape index (κ3) is 4.59. The number of hydrogen-bond donors (Lipinski definition) is 1. The molecule has 1 aliphatic rings. The van der Waals surface area contributed by atoms with Gasteiger partial charge in [-0.05, 0) is 55.3 Å². The van der Waals surface area contributed by atoms with Gasteiger partial charge in [0.15, 0.2) is 6.10 Å². The van der Waals surface area contributed by atoms with E-state index in [9.17, 15) is 27.9 Å². The van der Waals surface area contributed by atoms with Crippen LogP contribution in [0.15, 0.2) is 42.5 Å². The molecule has 154 valence electrons. The minimum atomic E-state index is -4.45. The van der Waals surface area contributed by atoms with Crippen LogP contribution in [-0.4, -0.2) is 29.2 Å². The van der Waals surface area contributed by atoms with Crippen LogP contribution in [0.1, 0.15) is 40.9 Å². The predicted molar refractivity (Wildman–Crippen MR) is 99.7 cm³/mol. The molecule has 1 aliphatic heterocycles. The number of carbonyl (C=O) groups is 2. The Morgan fingerprint density at radius 2 is 1.79 bits per heavy atom. The van der Waals surface area contributed by atoms with E-state index in [-0.39, 0.29) is 24.0 Å². The van der Waals surface area contributed by atoms with Crippen molar-refractivity contribution in [3.63, 3.8) is 0 Å². The molecule has 29 heavy (non-hydrogen) atoms. The van der Waals surface area contributed by atoms with Crippen molar-refractivity contribution in [3.8, 4) is 0 Å². The van der Waals surface area contributed by atoms with Gasteiger partial charge in [0.25, 0.3) is 5.91 Å². The fraction of sp³-hybridized carbons (Fsp3) is 0.333. The average molecular weight is 407 g/mol. The zero-order chi connectivity index (χ0) is 21.3. The lowest BCUT2D eigenvalue weighted by atomic mass is 9.96. The smallest absolute Gasteiger partial charge is 0.416 e. The average Bonchev–Trinajstić information content (AvgIpc) is 2.61. The van der Waals surface area contributed by atoms with Crippen molar-refractivity contribution in [2.75, 3.05) is 4.90 Å². The summed E-state index contributed by atoms with van der Waals surface area (Å²) in [4.78, 5) is 25.4. The predicted octanol–water partition coefficient (Wildman–Crippen LogP) is 4.29. The summed E-state index contributed by atoms with van der Waals surface area (Å²) in [6, 6.07) is 9.37. The molecule has 8 heteroatoms. The van der Waals surface area contributed by atoms with Crippen molar-refractivity contribution in [1.29, 1.82) is 0 Å². The molecular formula is C21H20F3NO4. The molecule has 0 bridgehead atoms. The summed E-state index contributed by atoms with van der Waals surface area (Å²) < 4.78 is 43.4. The van der Waals surface area contributed by atoms with Crippen LogP contribution in [0.4, 0.5) is 18.9 Å². The number of ether oxygens (including phenoxy) is 1. The third-order valence-electron chi connectivity index (χ3n) is 4.60. The number of carboxylic acid groups (broad SMARTS) is 1. The lowest BCUT2D eigenvalue weighted by Gasteiger charge is -2.35. The van der Waals surface area contributed by atoms with Gasteiger partial charge in [0, 0.05) is 17.7 Å². The normalized spacial score (nSPS) is 14.3. The third-order valence-corrected chi connectivity index (χ3v) is 4.60. The van der Waals surface area contributed by atoms with Crippen molar-refractivity contribution >= 4 is 17.6 Å². The first-order chi connectivity index (χ1) is 13.6. The zero-order valence-electron chi connectivity index (χ0n) is 15.9. The van der Waals surface area contributed by atoms with Crippen molar-refractivity contribution in [1.82, 2.24) is 0 Å². The van der Waals surface area contributed by atoms with Gasteiger partial charge in [0.2, 0.25) is 0 Å². The largest absolute Gasteiger partial charge is 0.479 e. The number of nitrogens with zero attached hydrogens (tertiary/aromatic N) is 1. The maximum atomic E-state index is 12.7. The molecule has 0 fully saturated rings. The summed E-state index contributed by atoms with van der Waals surface area (Å²) in [7, 11) is 0.